The molecule has 0 spiro atoms. The summed E-state index contributed by atoms with van der Waals surface area (Å²) in [6, 6.07) is 7.78. The van der Waals surface area contributed by atoms with Crippen LogP contribution in [-0.2, 0) is 0 Å². The third kappa shape index (κ3) is 3.80. The van der Waals surface area contributed by atoms with Crippen molar-refractivity contribution in [1.29, 1.82) is 0 Å². The van der Waals surface area contributed by atoms with Gasteiger partial charge in [-0.3, -0.25) is 4.79 Å². The molecule has 0 saturated carbocycles. The van der Waals surface area contributed by atoms with Gasteiger partial charge in [0.15, 0.2) is 5.69 Å². The molecule has 1 atom stereocenters. The molecule has 2 aromatic rings. The molecule has 1 amide bonds. The van der Waals surface area contributed by atoms with Gasteiger partial charge in [0.1, 0.15) is 11.9 Å². The molecule has 1 heterocycles. The molecule has 2 N–H and O–H groups in total. The maximum absolute atomic E-state index is 11.6. The van der Waals surface area contributed by atoms with Crippen molar-refractivity contribution in [2.45, 2.75) is 20.0 Å². The number of carbonyl (C=O) groups is 1. The highest BCUT2D eigenvalue weighted by Gasteiger charge is 2.10. The second-order valence-corrected chi connectivity index (χ2v) is 4.31. The van der Waals surface area contributed by atoms with Crippen LogP contribution in [0.5, 0.6) is 5.75 Å². The van der Waals surface area contributed by atoms with Crippen LogP contribution in [0.4, 0.5) is 0 Å². The first-order valence-electron chi connectivity index (χ1n) is 6.02. The van der Waals surface area contributed by atoms with E-state index in [1.807, 2.05) is 38.1 Å². The number of aromatic amines is 1. The fourth-order valence-electron chi connectivity index (χ4n) is 1.53. The average Bonchev–Trinajstić information content (AvgIpc) is 2.93. The zero-order chi connectivity index (χ0) is 13.7. The van der Waals surface area contributed by atoms with Crippen LogP contribution < -0.4 is 10.1 Å². The van der Waals surface area contributed by atoms with Gasteiger partial charge in [-0.15, -0.1) is 0 Å². The maximum Gasteiger partial charge on any atom is 0.273 e. The predicted octanol–water partition coefficient (Wildman–Crippen LogP) is 1.31. The van der Waals surface area contributed by atoms with Crippen LogP contribution >= 0.6 is 0 Å². The van der Waals surface area contributed by atoms with E-state index in [2.05, 4.69) is 20.7 Å². The number of aryl methyl sites for hydroxylation is 1. The van der Waals surface area contributed by atoms with E-state index in [0.717, 1.165) is 5.75 Å². The van der Waals surface area contributed by atoms with Gasteiger partial charge in [-0.1, -0.05) is 17.7 Å². The zero-order valence-electron chi connectivity index (χ0n) is 10.9. The third-order valence-electron chi connectivity index (χ3n) is 2.56. The van der Waals surface area contributed by atoms with Gasteiger partial charge in [-0.25, -0.2) is 0 Å². The summed E-state index contributed by atoms with van der Waals surface area (Å²) < 4.78 is 5.68. The third-order valence-corrected chi connectivity index (χ3v) is 2.56. The number of H-pyrrole nitrogens is 1. The first-order valence-corrected chi connectivity index (χ1v) is 6.02. The smallest absolute Gasteiger partial charge is 0.273 e. The van der Waals surface area contributed by atoms with Crippen LogP contribution in [0.2, 0.25) is 0 Å². The summed E-state index contributed by atoms with van der Waals surface area (Å²) in [5.41, 5.74) is 1.45. The van der Waals surface area contributed by atoms with Gasteiger partial charge in [0.05, 0.1) is 12.7 Å². The lowest BCUT2D eigenvalue weighted by Crippen LogP contribution is -2.33. The molecule has 1 aromatic heterocycles. The van der Waals surface area contributed by atoms with E-state index in [4.69, 9.17) is 4.74 Å². The van der Waals surface area contributed by atoms with Gasteiger partial charge in [0, 0.05) is 0 Å². The Morgan fingerprint density at radius 3 is 2.79 bits per heavy atom. The lowest BCUT2D eigenvalue weighted by atomic mass is 10.2. The molecule has 6 nitrogen and oxygen atoms in total. The average molecular weight is 260 g/mol. The fraction of sp³-hybridized carbons (Fsp3) is 0.308. The minimum atomic E-state index is -0.270. The molecule has 0 fully saturated rings. The van der Waals surface area contributed by atoms with Gasteiger partial charge >= 0.3 is 0 Å². The minimum absolute atomic E-state index is 0.126. The number of rotatable bonds is 5. The fourth-order valence-corrected chi connectivity index (χ4v) is 1.53. The van der Waals surface area contributed by atoms with E-state index in [1.54, 1.807) is 0 Å². The van der Waals surface area contributed by atoms with Crippen LogP contribution in [0.25, 0.3) is 0 Å². The van der Waals surface area contributed by atoms with Crippen LogP contribution in [0.1, 0.15) is 23.0 Å². The molecule has 0 aliphatic rings. The highest BCUT2D eigenvalue weighted by atomic mass is 16.5. The van der Waals surface area contributed by atoms with Crippen molar-refractivity contribution in [3.63, 3.8) is 0 Å². The van der Waals surface area contributed by atoms with Crippen molar-refractivity contribution in [1.82, 2.24) is 20.7 Å². The molecule has 0 unspecified atom stereocenters. The second-order valence-electron chi connectivity index (χ2n) is 4.31. The summed E-state index contributed by atoms with van der Waals surface area (Å²) in [6.45, 7) is 4.31. The topological polar surface area (TPSA) is 79.9 Å². The van der Waals surface area contributed by atoms with E-state index >= 15 is 0 Å². The predicted molar refractivity (Wildman–Crippen MR) is 70.0 cm³/mol. The molecule has 0 aliphatic carbocycles. The van der Waals surface area contributed by atoms with Crippen molar-refractivity contribution < 1.29 is 9.53 Å². The van der Waals surface area contributed by atoms with Gasteiger partial charge in [0.2, 0.25) is 0 Å². The highest BCUT2D eigenvalue weighted by molar-refractivity contribution is 5.91. The van der Waals surface area contributed by atoms with Crippen molar-refractivity contribution in [3.05, 3.63) is 41.7 Å². The van der Waals surface area contributed by atoms with Gasteiger partial charge in [-0.05, 0) is 26.0 Å². The van der Waals surface area contributed by atoms with Crippen molar-refractivity contribution in [2.75, 3.05) is 6.54 Å². The Labute approximate surface area is 111 Å². The molecule has 0 saturated heterocycles. The monoisotopic (exact) mass is 260 g/mol. The normalized spacial score (nSPS) is 11.9. The van der Waals surface area contributed by atoms with Crippen LogP contribution in [0.15, 0.2) is 30.5 Å². The molecular formula is C13H16N4O2. The first kappa shape index (κ1) is 13.1. The zero-order valence-corrected chi connectivity index (χ0v) is 10.9. The molecule has 19 heavy (non-hydrogen) atoms. The summed E-state index contributed by atoms with van der Waals surface area (Å²) in [5.74, 6) is 0.516. The maximum atomic E-state index is 11.6. The summed E-state index contributed by atoms with van der Waals surface area (Å²) in [5, 5.41) is 12.4. The van der Waals surface area contributed by atoms with Gasteiger partial charge < -0.3 is 10.1 Å². The Hall–Kier alpha value is -2.37. The molecule has 0 radical (unpaired) electrons. The summed E-state index contributed by atoms with van der Waals surface area (Å²) in [7, 11) is 0. The molecule has 0 bridgehead atoms. The number of carbonyl (C=O) groups excluding carboxylic acids is 1. The SMILES string of the molecule is Cc1ccc(O[C@@H](C)CNC(=O)c2cn[nH]n2)cc1. The van der Waals surface area contributed by atoms with E-state index in [1.165, 1.54) is 11.8 Å². The largest absolute Gasteiger partial charge is 0.489 e. The number of hydrogen-bond donors (Lipinski definition) is 2. The number of amides is 1. The van der Waals surface area contributed by atoms with E-state index in [-0.39, 0.29) is 17.7 Å². The van der Waals surface area contributed by atoms with Crippen molar-refractivity contribution >= 4 is 5.91 Å². The molecule has 1 aromatic carbocycles. The molecule has 2 rings (SSSR count). The van der Waals surface area contributed by atoms with Crippen molar-refractivity contribution in [2.24, 2.45) is 0 Å². The Kier molecular flexibility index (Phi) is 4.12. The Balaban J connectivity index is 1.80. The lowest BCUT2D eigenvalue weighted by molar-refractivity contribution is 0.0927. The van der Waals surface area contributed by atoms with Gasteiger partial charge in [-0.2, -0.15) is 15.4 Å². The van der Waals surface area contributed by atoms with E-state index < -0.39 is 0 Å². The number of nitrogens with zero attached hydrogens (tertiary/aromatic N) is 2. The van der Waals surface area contributed by atoms with Crippen LogP contribution in [0, 0.1) is 6.92 Å². The molecular weight excluding hydrogens is 244 g/mol. The van der Waals surface area contributed by atoms with Gasteiger partial charge in [0.25, 0.3) is 5.91 Å². The highest BCUT2D eigenvalue weighted by Crippen LogP contribution is 2.12. The summed E-state index contributed by atoms with van der Waals surface area (Å²) >= 11 is 0. The minimum Gasteiger partial charge on any atom is -0.489 e. The molecule has 0 aliphatic heterocycles. The molecule has 100 valence electrons. The number of benzene rings is 1. The molecule has 6 heteroatoms. The van der Waals surface area contributed by atoms with Crippen LogP contribution in [-0.4, -0.2) is 34.0 Å². The number of aromatic nitrogens is 3. The Morgan fingerprint density at radius 2 is 2.16 bits per heavy atom. The summed E-state index contributed by atoms with van der Waals surface area (Å²) in [4.78, 5) is 11.6. The van der Waals surface area contributed by atoms with Crippen molar-refractivity contribution in [3.8, 4) is 5.75 Å². The first-order chi connectivity index (χ1) is 9.15. The number of ether oxygens (including phenoxy) is 1. The number of hydrogen-bond acceptors (Lipinski definition) is 4. The lowest BCUT2D eigenvalue weighted by Gasteiger charge is -2.15. The Bertz CT molecular complexity index is 522. The number of nitrogens with one attached hydrogen (secondary N) is 2. The standard InChI is InChI=1S/C13H16N4O2/c1-9-3-5-11(6-4-9)19-10(2)7-14-13(18)12-8-15-17-16-12/h3-6,8,10H,7H2,1-2H3,(H,14,18)(H,15,16,17)/t10-/m0/s1. The second kappa shape index (κ2) is 5.99. The van der Waals surface area contributed by atoms with E-state index in [9.17, 15) is 4.79 Å². The van der Waals surface area contributed by atoms with Crippen LogP contribution in [0.3, 0.4) is 0 Å². The summed E-state index contributed by atoms with van der Waals surface area (Å²) in [6.07, 6.45) is 1.25. The van der Waals surface area contributed by atoms with E-state index in [0.29, 0.717) is 6.54 Å². The quantitative estimate of drug-likeness (QED) is 0.849. The Morgan fingerprint density at radius 1 is 1.42 bits per heavy atom.